The summed E-state index contributed by atoms with van der Waals surface area (Å²) >= 11 is 5.70. The van der Waals surface area contributed by atoms with Crippen LogP contribution in [-0.2, 0) is 4.79 Å². The fourth-order valence-corrected chi connectivity index (χ4v) is 3.88. The van der Waals surface area contributed by atoms with Gasteiger partial charge in [-0.25, -0.2) is 0 Å². The quantitative estimate of drug-likeness (QED) is 0.692. The first-order valence-corrected chi connectivity index (χ1v) is 10.1. The third-order valence-electron chi connectivity index (χ3n) is 5.33. The van der Waals surface area contributed by atoms with Gasteiger partial charge in [0.2, 0.25) is 0 Å². The molecule has 7 heteroatoms. The first-order chi connectivity index (χ1) is 13.1. The van der Waals surface area contributed by atoms with Gasteiger partial charge in [0.05, 0.1) is 7.11 Å². The molecule has 0 aromatic heterocycles. The second-order valence-corrected chi connectivity index (χ2v) is 7.36. The Bertz CT molecular complexity index is 668. The molecule has 0 unspecified atom stereocenters. The number of methoxy groups -OCH3 is 1. The molecule has 0 saturated carbocycles. The van der Waals surface area contributed by atoms with Gasteiger partial charge in [-0.15, -0.1) is 0 Å². The molecule has 1 amide bonds. The molecular formula is C20H29N3O3S. The third kappa shape index (κ3) is 4.90. The standard InChI is InChI=1S/C20H29N3O3S/c1-3-21-10-12-23(13-11-21)20(27)16-6-7-17(18(14-16)25-2)26-15-19(24)22-8-4-5-9-22/h6-7,14H,3-5,8-13,15H2,1-2H3. The Balaban J connectivity index is 1.61. The number of rotatable bonds is 6. The van der Waals surface area contributed by atoms with Crippen LogP contribution < -0.4 is 9.47 Å². The first kappa shape index (κ1) is 19.9. The van der Waals surface area contributed by atoms with Gasteiger partial charge in [0, 0.05) is 44.8 Å². The predicted octanol–water partition coefficient (Wildman–Crippen LogP) is 2.01. The molecule has 3 rings (SSSR count). The molecular weight excluding hydrogens is 362 g/mol. The Morgan fingerprint density at radius 3 is 2.37 bits per heavy atom. The SMILES string of the molecule is CCN1CCN(C(=S)c2ccc(OCC(=O)N3CCCC3)c(OC)c2)CC1. The zero-order valence-corrected chi connectivity index (χ0v) is 17.1. The summed E-state index contributed by atoms with van der Waals surface area (Å²) in [4.78, 5) is 19.5. The second kappa shape index (κ2) is 9.37. The zero-order valence-electron chi connectivity index (χ0n) is 16.3. The van der Waals surface area contributed by atoms with E-state index in [2.05, 4.69) is 16.7 Å². The van der Waals surface area contributed by atoms with Gasteiger partial charge < -0.3 is 24.2 Å². The number of carbonyl (C=O) groups is 1. The number of benzene rings is 1. The molecule has 1 aromatic carbocycles. The van der Waals surface area contributed by atoms with Gasteiger partial charge in [-0.1, -0.05) is 19.1 Å². The Kier molecular flexibility index (Phi) is 6.90. The highest BCUT2D eigenvalue weighted by Gasteiger charge is 2.21. The van der Waals surface area contributed by atoms with Crippen molar-refractivity contribution >= 4 is 23.1 Å². The smallest absolute Gasteiger partial charge is 0.260 e. The number of likely N-dealkylation sites (N-methyl/N-ethyl adjacent to an activating group) is 1. The Hall–Kier alpha value is -1.86. The molecule has 0 bridgehead atoms. The second-order valence-electron chi connectivity index (χ2n) is 6.97. The average molecular weight is 392 g/mol. The van der Waals surface area contributed by atoms with E-state index in [1.807, 2.05) is 23.1 Å². The number of ether oxygens (including phenoxy) is 2. The molecule has 2 fully saturated rings. The molecule has 148 valence electrons. The molecule has 0 atom stereocenters. The minimum absolute atomic E-state index is 0.0305. The Morgan fingerprint density at radius 2 is 1.74 bits per heavy atom. The largest absolute Gasteiger partial charge is 0.493 e. The van der Waals surface area contributed by atoms with Crippen LogP contribution >= 0.6 is 12.2 Å². The zero-order chi connectivity index (χ0) is 19.2. The van der Waals surface area contributed by atoms with Crippen molar-refractivity contribution in [1.82, 2.24) is 14.7 Å². The fraction of sp³-hybridized carbons (Fsp3) is 0.600. The van der Waals surface area contributed by atoms with Crippen molar-refractivity contribution in [3.8, 4) is 11.5 Å². The van der Waals surface area contributed by atoms with Gasteiger partial charge >= 0.3 is 0 Å². The molecule has 0 spiro atoms. The lowest BCUT2D eigenvalue weighted by Crippen LogP contribution is -2.48. The molecule has 2 saturated heterocycles. The Labute approximate surface area is 167 Å². The maximum atomic E-state index is 12.2. The van der Waals surface area contributed by atoms with Crippen LogP contribution in [0, 0.1) is 0 Å². The van der Waals surface area contributed by atoms with E-state index in [4.69, 9.17) is 21.7 Å². The number of thiocarbonyl (C=S) groups is 1. The fourth-order valence-electron chi connectivity index (χ4n) is 3.57. The third-order valence-corrected chi connectivity index (χ3v) is 5.82. The minimum Gasteiger partial charge on any atom is -0.493 e. The number of carbonyl (C=O) groups excluding carboxylic acids is 1. The molecule has 0 N–H and O–H groups in total. The van der Waals surface area contributed by atoms with Crippen LogP contribution in [0.5, 0.6) is 11.5 Å². The van der Waals surface area contributed by atoms with Crippen molar-refractivity contribution in [3.63, 3.8) is 0 Å². The molecule has 2 heterocycles. The van der Waals surface area contributed by atoms with E-state index < -0.39 is 0 Å². The Morgan fingerprint density at radius 1 is 1.04 bits per heavy atom. The minimum atomic E-state index is 0.0305. The average Bonchev–Trinajstić information content (AvgIpc) is 3.26. The molecule has 2 aliphatic heterocycles. The molecule has 0 radical (unpaired) electrons. The van der Waals surface area contributed by atoms with E-state index in [-0.39, 0.29) is 12.5 Å². The topological polar surface area (TPSA) is 45.2 Å². The monoisotopic (exact) mass is 391 g/mol. The summed E-state index contributed by atoms with van der Waals surface area (Å²) in [5.41, 5.74) is 0.949. The van der Waals surface area contributed by atoms with Gasteiger partial charge in [0.25, 0.3) is 5.91 Å². The van der Waals surface area contributed by atoms with E-state index in [0.717, 1.165) is 69.2 Å². The summed E-state index contributed by atoms with van der Waals surface area (Å²) < 4.78 is 11.2. The highest BCUT2D eigenvalue weighted by Crippen LogP contribution is 2.29. The van der Waals surface area contributed by atoms with E-state index in [9.17, 15) is 4.79 Å². The summed E-state index contributed by atoms with van der Waals surface area (Å²) in [6.45, 7) is 8.92. The van der Waals surface area contributed by atoms with Crippen molar-refractivity contribution < 1.29 is 14.3 Å². The van der Waals surface area contributed by atoms with Crippen molar-refractivity contribution in [1.29, 1.82) is 0 Å². The molecule has 0 aliphatic carbocycles. The number of piperazine rings is 1. The van der Waals surface area contributed by atoms with E-state index in [1.165, 1.54) is 0 Å². The summed E-state index contributed by atoms with van der Waals surface area (Å²) in [6.07, 6.45) is 2.15. The van der Waals surface area contributed by atoms with Crippen molar-refractivity contribution in [2.75, 3.05) is 59.5 Å². The van der Waals surface area contributed by atoms with Crippen LogP contribution in [0.25, 0.3) is 0 Å². The van der Waals surface area contributed by atoms with Crippen LogP contribution in [0.15, 0.2) is 18.2 Å². The summed E-state index contributed by atoms with van der Waals surface area (Å²) in [5.74, 6) is 1.21. The van der Waals surface area contributed by atoms with Crippen LogP contribution in [0.1, 0.15) is 25.3 Å². The van der Waals surface area contributed by atoms with Gasteiger partial charge in [-0.05, 0) is 37.6 Å². The number of hydrogen-bond acceptors (Lipinski definition) is 5. The normalized spacial score (nSPS) is 17.9. The predicted molar refractivity (Wildman–Crippen MR) is 110 cm³/mol. The van der Waals surface area contributed by atoms with Gasteiger partial charge in [0.1, 0.15) is 4.99 Å². The van der Waals surface area contributed by atoms with E-state index in [0.29, 0.717) is 11.5 Å². The maximum Gasteiger partial charge on any atom is 0.260 e. The maximum absolute atomic E-state index is 12.2. The first-order valence-electron chi connectivity index (χ1n) is 9.72. The summed E-state index contributed by atoms with van der Waals surface area (Å²) in [6, 6.07) is 5.71. The molecule has 6 nitrogen and oxygen atoms in total. The number of likely N-dealkylation sites (tertiary alicyclic amines) is 1. The lowest BCUT2D eigenvalue weighted by molar-refractivity contribution is -0.132. The highest BCUT2D eigenvalue weighted by molar-refractivity contribution is 7.80. The summed E-state index contributed by atoms with van der Waals surface area (Å²) in [7, 11) is 1.61. The lowest BCUT2D eigenvalue weighted by atomic mass is 10.1. The van der Waals surface area contributed by atoms with Crippen molar-refractivity contribution in [2.24, 2.45) is 0 Å². The van der Waals surface area contributed by atoms with Crippen molar-refractivity contribution in [3.05, 3.63) is 23.8 Å². The molecule has 27 heavy (non-hydrogen) atoms. The number of nitrogens with zero attached hydrogens (tertiary/aromatic N) is 3. The van der Waals surface area contributed by atoms with Crippen molar-refractivity contribution in [2.45, 2.75) is 19.8 Å². The lowest BCUT2D eigenvalue weighted by Gasteiger charge is -2.35. The number of hydrogen-bond donors (Lipinski definition) is 0. The number of amides is 1. The van der Waals surface area contributed by atoms with Gasteiger partial charge in [-0.2, -0.15) is 0 Å². The van der Waals surface area contributed by atoms with E-state index in [1.54, 1.807) is 7.11 Å². The van der Waals surface area contributed by atoms with Gasteiger partial charge in [0.15, 0.2) is 18.1 Å². The summed E-state index contributed by atoms with van der Waals surface area (Å²) in [5, 5.41) is 0. The van der Waals surface area contributed by atoms with Crippen LogP contribution in [-0.4, -0.2) is 85.1 Å². The molecule has 2 aliphatic rings. The van der Waals surface area contributed by atoms with Crippen LogP contribution in [0.2, 0.25) is 0 Å². The van der Waals surface area contributed by atoms with Crippen LogP contribution in [0.3, 0.4) is 0 Å². The highest BCUT2D eigenvalue weighted by atomic mass is 32.1. The van der Waals surface area contributed by atoms with Gasteiger partial charge in [-0.3, -0.25) is 4.79 Å². The van der Waals surface area contributed by atoms with E-state index >= 15 is 0 Å². The van der Waals surface area contributed by atoms with Crippen LogP contribution in [0.4, 0.5) is 0 Å². The molecule has 1 aromatic rings.